The molecule has 33 heavy (non-hydrogen) atoms. The molecular weight excluding hydrogens is 501 g/mol. The van der Waals surface area contributed by atoms with Gasteiger partial charge in [0.2, 0.25) is 0 Å². The van der Waals surface area contributed by atoms with Gasteiger partial charge in [0.25, 0.3) is 10.0 Å². The number of sulfonamides is 1. The monoisotopic (exact) mass is 515 g/mol. The summed E-state index contributed by atoms with van der Waals surface area (Å²) < 4.78 is 79.6. The smallest absolute Gasteiger partial charge is 0.544 e. The third kappa shape index (κ3) is 6.74. The van der Waals surface area contributed by atoms with Crippen molar-refractivity contribution in [2.24, 2.45) is 0 Å². The van der Waals surface area contributed by atoms with Gasteiger partial charge in [0.1, 0.15) is 5.97 Å². The van der Waals surface area contributed by atoms with Gasteiger partial charge in [-0.2, -0.15) is 17.6 Å². The van der Waals surface area contributed by atoms with Crippen LogP contribution in [0.5, 0.6) is 0 Å². The van der Waals surface area contributed by atoms with Crippen LogP contribution in [0.15, 0.2) is 53.4 Å². The molecule has 0 radical (unpaired) electrons. The van der Waals surface area contributed by atoms with E-state index < -0.39 is 33.7 Å². The number of benzene rings is 2. The first-order valence-corrected chi connectivity index (χ1v) is 9.94. The fraction of sp³-hybridized carbons (Fsp3) is 0.167. The van der Waals surface area contributed by atoms with Crippen LogP contribution in [0.4, 0.5) is 28.9 Å². The number of carboxylic acids is 1. The zero-order chi connectivity index (χ0) is 24.3. The predicted octanol–water partition coefficient (Wildman–Crippen LogP) is -1.84. The number of anilines is 2. The second kappa shape index (κ2) is 10.9. The first-order valence-electron chi connectivity index (χ1n) is 8.46. The summed E-state index contributed by atoms with van der Waals surface area (Å²) in [6, 6.07) is 9.71. The van der Waals surface area contributed by atoms with Gasteiger partial charge in [-0.05, 0) is 43.3 Å². The summed E-state index contributed by atoms with van der Waals surface area (Å²) in [5, 5.41) is 10.1. The van der Waals surface area contributed by atoms with Crippen molar-refractivity contribution < 1.29 is 96.9 Å². The van der Waals surface area contributed by atoms with E-state index >= 15 is 0 Å². The average Bonchev–Trinajstić information content (AvgIpc) is 2.72. The minimum absolute atomic E-state index is 0. The average molecular weight is 515 g/mol. The Morgan fingerprint density at radius 1 is 0.909 bits per heavy atom. The molecule has 9 nitrogen and oxygen atoms in total. The molecule has 172 valence electrons. The SMILES string of the molecule is CC(=O)c1cccc(S(=O)(=O)Nc2ccc(NNC(=O)C(F)(F)C(F)(F)C(=O)[O-])cc2)c1.[K+]. The largest absolute Gasteiger partial charge is 1.00 e. The first-order chi connectivity index (χ1) is 14.7. The van der Waals surface area contributed by atoms with Gasteiger partial charge in [0.05, 0.1) is 10.6 Å². The number of hydrogen-bond donors (Lipinski definition) is 3. The zero-order valence-corrected chi connectivity index (χ0v) is 20.9. The van der Waals surface area contributed by atoms with Crippen LogP contribution in [-0.2, 0) is 19.6 Å². The minimum Gasteiger partial charge on any atom is -0.544 e. The van der Waals surface area contributed by atoms with Gasteiger partial charge in [-0.1, -0.05) is 12.1 Å². The third-order valence-electron chi connectivity index (χ3n) is 3.94. The minimum atomic E-state index is -5.75. The molecule has 2 rings (SSSR count). The number of hydrazine groups is 1. The van der Waals surface area contributed by atoms with Crippen LogP contribution in [-0.4, -0.2) is 37.9 Å². The maximum absolute atomic E-state index is 13.3. The molecule has 0 saturated heterocycles. The van der Waals surface area contributed by atoms with Crippen molar-refractivity contribution in [2.45, 2.75) is 23.7 Å². The first kappa shape index (κ1) is 29.0. The maximum atomic E-state index is 13.3. The van der Waals surface area contributed by atoms with E-state index in [4.69, 9.17) is 0 Å². The van der Waals surface area contributed by atoms with Crippen LogP contribution in [0, 0.1) is 0 Å². The number of aliphatic carboxylic acids is 1. The summed E-state index contributed by atoms with van der Waals surface area (Å²) in [5.74, 6) is -17.8. The van der Waals surface area contributed by atoms with Gasteiger partial charge in [0.15, 0.2) is 5.78 Å². The number of carbonyl (C=O) groups excluding carboxylic acids is 3. The van der Waals surface area contributed by atoms with E-state index in [1.165, 1.54) is 36.6 Å². The maximum Gasteiger partial charge on any atom is 1.00 e. The summed E-state index contributed by atoms with van der Waals surface area (Å²) in [5.41, 5.74) is 3.13. The number of rotatable bonds is 9. The van der Waals surface area contributed by atoms with Crippen LogP contribution >= 0.6 is 0 Å². The van der Waals surface area contributed by atoms with Crippen LogP contribution in [0.3, 0.4) is 0 Å². The van der Waals surface area contributed by atoms with E-state index in [0.29, 0.717) is 0 Å². The number of alkyl halides is 4. The van der Waals surface area contributed by atoms with Crippen molar-refractivity contribution >= 4 is 39.1 Å². The standard InChI is InChI=1S/C18H15F4N3O6S.K/c1-10(26)11-3-2-4-14(9-11)32(30,31)25-13-7-5-12(6-8-13)23-24-15(27)17(19,20)18(21,22)16(28)29;/h2-9,23,25H,1H3,(H,24,27)(H,28,29);/q;+1/p-1. The van der Waals surface area contributed by atoms with E-state index in [-0.39, 0.29) is 79.0 Å². The molecule has 0 heterocycles. The fourth-order valence-corrected chi connectivity index (χ4v) is 3.30. The van der Waals surface area contributed by atoms with Gasteiger partial charge in [-0.15, -0.1) is 0 Å². The molecule has 0 aliphatic carbocycles. The number of Topliss-reactive ketones (excluding diaryl/α,β-unsaturated/α-hetero) is 1. The molecule has 2 aromatic carbocycles. The van der Waals surface area contributed by atoms with Crippen molar-refractivity contribution in [2.75, 3.05) is 10.1 Å². The Balaban J connectivity index is 0.00000544. The molecular formula is C18H14F4KN3O6S. The molecule has 15 heteroatoms. The summed E-state index contributed by atoms with van der Waals surface area (Å²) in [6.45, 7) is 1.26. The van der Waals surface area contributed by atoms with Crippen molar-refractivity contribution in [1.82, 2.24) is 5.43 Å². The molecule has 0 saturated carbocycles. The second-order valence-corrected chi connectivity index (χ2v) is 7.96. The molecule has 2 aromatic rings. The topological polar surface area (TPSA) is 144 Å². The number of carbonyl (C=O) groups is 3. The van der Waals surface area contributed by atoms with Crippen LogP contribution in [0.25, 0.3) is 0 Å². The van der Waals surface area contributed by atoms with E-state index in [1.54, 1.807) is 0 Å². The number of hydrogen-bond acceptors (Lipinski definition) is 7. The number of ketones is 1. The Morgan fingerprint density at radius 3 is 1.97 bits per heavy atom. The van der Waals surface area contributed by atoms with Gasteiger partial charge in [0, 0.05) is 11.3 Å². The van der Waals surface area contributed by atoms with Crippen molar-refractivity contribution in [3.63, 3.8) is 0 Å². The Kier molecular flexibility index (Phi) is 9.59. The molecule has 0 bridgehead atoms. The van der Waals surface area contributed by atoms with Gasteiger partial charge < -0.3 is 9.90 Å². The van der Waals surface area contributed by atoms with Crippen LogP contribution in [0.1, 0.15) is 17.3 Å². The third-order valence-corrected chi connectivity index (χ3v) is 5.32. The Morgan fingerprint density at radius 2 is 1.45 bits per heavy atom. The molecule has 3 N–H and O–H groups in total. The van der Waals surface area contributed by atoms with E-state index in [2.05, 4.69) is 4.72 Å². The molecule has 1 amide bonds. The summed E-state index contributed by atoms with van der Waals surface area (Å²) in [7, 11) is -4.09. The number of nitrogens with one attached hydrogen (secondary N) is 3. The van der Waals surface area contributed by atoms with Gasteiger partial charge >= 0.3 is 69.1 Å². The molecule has 0 spiro atoms. The molecule has 0 aromatic heterocycles. The zero-order valence-electron chi connectivity index (χ0n) is 17.0. The number of halogens is 4. The molecule has 0 aliphatic heterocycles. The van der Waals surface area contributed by atoms with Gasteiger partial charge in [-0.3, -0.25) is 25.2 Å². The molecule has 0 unspecified atom stereocenters. The van der Waals surface area contributed by atoms with Crippen LogP contribution < -0.4 is 72.1 Å². The molecule has 0 atom stereocenters. The molecule has 0 aliphatic rings. The van der Waals surface area contributed by atoms with Crippen molar-refractivity contribution in [1.29, 1.82) is 0 Å². The van der Waals surface area contributed by atoms with E-state index in [9.17, 15) is 45.5 Å². The predicted molar refractivity (Wildman–Crippen MR) is 100 cm³/mol. The number of amides is 1. The normalized spacial score (nSPS) is 11.7. The second-order valence-electron chi connectivity index (χ2n) is 6.28. The summed E-state index contributed by atoms with van der Waals surface area (Å²) in [6.07, 6.45) is 0. The van der Waals surface area contributed by atoms with E-state index in [1.807, 2.05) is 5.43 Å². The number of carboxylic acid groups (broad SMARTS) is 1. The van der Waals surface area contributed by atoms with Gasteiger partial charge in [-0.25, -0.2) is 8.42 Å². The van der Waals surface area contributed by atoms with Crippen LogP contribution in [0.2, 0.25) is 0 Å². The summed E-state index contributed by atoms with van der Waals surface area (Å²) >= 11 is 0. The van der Waals surface area contributed by atoms with E-state index in [0.717, 1.165) is 24.3 Å². The quantitative estimate of drug-likeness (QED) is 0.154. The Bertz CT molecular complexity index is 1160. The Hall–Kier alpha value is -2.04. The Labute approximate surface area is 227 Å². The molecule has 0 fully saturated rings. The van der Waals surface area contributed by atoms with Crippen molar-refractivity contribution in [3.8, 4) is 0 Å². The summed E-state index contributed by atoms with van der Waals surface area (Å²) in [4.78, 5) is 32.6. The van der Waals surface area contributed by atoms with Crippen molar-refractivity contribution in [3.05, 3.63) is 54.1 Å². The fourth-order valence-electron chi connectivity index (χ4n) is 2.20.